The van der Waals surface area contributed by atoms with Crippen LogP contribution in [0, 0.1) is 0 Å². The zero-order valence-electron chi connectivity index (χ0n) is 17.8. The largest absolute Gasteiger partial charge is 0.481 e. The Morgan fingerprint density at radius 1 is 0.964 bits per heavy atom. The highest BCUT2D eigenvalue weighted by molar-refractivity contribution is 5.81. The summed E-state index contributed by atoms with van der Waals surface area (Å²) in [5.41, 5.74) is 5.30. The minimum atomic E-state index is -0.530. The van der Waals surface area contributed by atoms with Crippen LogP contribution in [0.3, 0.4) is 0 Å². The van der Waals surface area contributed by atoms with Gasteiger partial charge in [-0.15, -0.1) is 0 Å². The number of rotatable bonds is 5. The van der Waals surface area contributed by atoms with E-state index < -0.39 is 6.10 Å². The first-order valence-corrected chi connectivity index (χ1v) is 10.4. The lowest BCUT2D eigenvalue weighted by atomic mass is 9.86. The van der Waals surface area contributed by atoms with Crippen LogP contribution in [0.1, 0.15) is 75.8 Å². The molecule has 0 spiro atoms. The molecular formula is C25H33NO2. The van der Waals surface area contributed by atoms with E-state index in [4.69, 9.17) is 4.74 Å². The van der Waals surface area contributed by atoms with Gasteiger partial charge in [0.15, 0.2) is 6.10 Å². The number of amides is 1. The number of carbonyl (C=O) groups excluding carboxylic acids is 1. The summed E-state index contributed by atoms with van der Waals surface area (Å²) in [6.45, 7) is 10.4. The Balaban J connectivity index is 1.59. The SMILES string of the molecule is CC(Oc1ccc2c(c1)CCCC2)C(=O)NC(C)c1ccc(C(C)(C)C)cc1. The second-order valence-corrected chi connectivity index (χ2v) is 9.00. The van der Waals surface area contributed by atoms with Crippen LogP contribution in [0.4, 0.5) is 0 Å². The average molecular weight is 380 g/mol. The average Bonchev–Trinajstić information content (AvgIpc) is 2.67. The molecular weight excluding hydrogens is 346 g/mol. The predicted molar refractivity (Wildman–Crippen MR) is 115 cm³/mol. The van der Waals surface area contributed by atoms with Crippen molar-refractivity contribution < 1.29 is 9.53 Å². The quantitative estimate of drug-likeness (QED) is 0.744. The smallest absolute Gasteiger partial charge is 0.261 e. The van der Waals surface area contributed by atoms with Gasteiger partial charge in [0.1, 0.15) is 5.75 Å². The van der Waals surface area contributed by atoms with E-state index in [2.05, 4.69) is 62.5 Å². The van der Waals surface area contributed by atoms with Crippen molar-refractivity contribution in [2.75, 3.05) is 0 Å². The number of hydrogen-bond acceptors (Lipinski definition) is 2. The first-order chi connectivity index (χ1) is 13.2. The maximum absolute atomic E-state index is 12.6. The summed E-state index contributed by atoms with van der Waals surface area (Å²) >= 11 is 0. The minimum absolute atomic E-state index is 0.0592. The first kappa shape index (κ1) is 20.4. The number of fused-ring (bicyclic) bond motifs is 1. The van der Waals surface area contributed by atoms with E-state index in [9.17, 15) is 4.79 Å². The molecule has 1 N–H and O–H groups in total. The molecule has 0 saturated carbocycles. The van der Waals surface area contributed by atoms with E-state index >= 15 is 0 Å². The van der Waals surface area contributed by atoms with Gasteiger partial charge in [0.05, 0.1) is 6.04 Å². The van der Waals surface area contributed by atoms with E-state index in [0.29, 0.717) is 0 Å². The lowest BCUT2D eigenvalue weighted by Crippen LogP contribution is -2.37. The molecule has 2 aromatic carbocycles. The fourth-order valence-corrected chi connectivity index (χ4v) is 3.73. The molecule has 0 fully saturated rings. The maximum Gasteiger partial charge on any atom is 0.261 e. The molecule has 0 aromatic heterocycles. The van der Waals surface area contributed by atoms with E-state index in [-0.39, 0.29) is 17.4 Å². The van der Waals surface area contributed by atoms with Crippen molar-refractivity contribution >= 4 is 5.91 Å². The highest BCUT2D eigenvalue weighted by atomic mass is 16.5. The summed E-state index contributed by atoms with van der Waals surface area (Å²) in [4.78, 5) is 12.6. The van der Waals surface area contributed by atoms with Crippen molar-refractivity contribution in [2.45, 2.75) is 77.9 Å². The Kier molecular flexibility index (Phi) is 6.12. The maximum atomic E-state index is 12.6. The molecule has 1 amide bonds. The van der Waals surface area contributed by atoms with Crippen molar-refractivity contribution in [3.63, 3.8) is 0 Å². The van der Waals surface area contributed by atoms with Gasteiger partial charge in [-0.3, -0.25) is 4.79 Å². The van der Waals surface area contributed by atoms with Crippen molar-refractivity contribution in [3.05, 3.63) is 64.7 Å². The molecule has 0 heterocycles. The molecule has 1 aliphatic rings. The number of carbonyl (C=O) groups is 1. The molecule has 3 rings (SSSR count). The molecule has 0 bridgehead atoms. The fraction of sp³-hybridized carbons (Fsp3) is 0.480. The van der Waals surface area contributed by atoms with Crippen LogP contribution in [-0.4, -0.2) is 12.0 Å². The Hall–Kier alpha value is -2.29. The van der Waals surface area contributed by atoms with Gasteiger partial charge in [0, 0.05) is 0 Å². The molecule has 0 radical (unpaired) electrons. The van der Waals surface area contributed by atoms with Gasteiger partial charge in [0.25, 0.3) is 5.91 Å². The zero-order valence-corrected chi connectivity index (χ0v) is 17.8. The summed E-state index contributed by atoms with van der Waals surface area (Å²) < 4.78 is 5.93. The van der Waals surface area contributed by atoms with Crippen molar-refractivity contribution in [1.82, 2.24) is 5.32 Å². The standard InChI is InChI=1S/C25H33NO2/c1-17(19-10-13-22(14-11-19)25(3,4)5)26-24(27)18(2)28-23-15-12-20-8-6-7-9-21(20)16-23/h10-18H,6-9H2,1-5H3,(H,26,27). The van der Waals surface area contributed by atoms with Gasteiger partial charge in [-0.05, 0) is 79.3 Å². The summed E-state index contributed by atoms with van der Waals surface area (Å²) in [6.07, 6.45) is 4.22. The van der Waals surface area contributed by atoms with E-state index in [1.807, 2.05) is 19.9 Å². The molecule has 0 saturated heterocycles. The molecule has 28 heavy (non-hydrogen) atoms. The monoisotopic (exact) mass is 379 g/mol. The van der Waals surface area contributed by atoms with Crippen LogP contribution in [0.25, 0.3) is 0 Å². The van der Waals surface area contributed by atoms with E-state index in [1.165, 1.54) is 29.5 Å². The third kappa shape index (κ3) is 4.95. The molecule has 2 unspecified atom stereocenters. The number of hydrogen-bond donors (Lipinski definition) is 1. The summed E-state index contributed by atoms with van der Waals surface area (Å²) in [7, 11) is 0. The van der Waals surface area contributed by atoms with Crippen LogP contribution >= 0.6 is 0 Å². The molecule has 0 aliphatic heterocycles. The lowest BCUT2D eigenvalue weighted by molar-refractivity contribution is -0.127. The molecule has 2 atom stereocenters. The molecule has 1 aliphatic carbocycles. The second kappa shape index (κ2) is 8.38. The molecule has 2 aromatic rings. The van der Waals surface area contributed by atoms with E-state index in [0.717, 1.165) is 24.2 Å². The third-order valence-electron chi connectivity index (χ3n) is 5.64. The highest BCUT2D eigenvalue weighted by Gasteiger charge is 2.19. The lowest BCUT2D eigenvalue weighted by Gasteiger charge is -2.22. The highest BCUT2D eigenvalue weighted by Crippen LogP contribution is 2.26. The fourth-order valence-electron chi connectivity index (χ4n) is 3.73. The Morgan fingerprint density at radius 3 is 2.25 bits per heavy atom. The van der Waals surface area contributed by atoms with Gasteiger partial charge in [-0.2, -0.15) is 0 Å². The Morgan fingerprint density at radius 2 is 1.61 bits per heavy atom. The van der Waals surface area contributed by atoms with Gasteiger partial charge in [0.2, 0.25) is 0 Å². The first-order valence-electron chi connectivity index (χ1n) is 10.4. The van der Waals surface area contributed by atoms with Crippen LogP contribution in [0.15, 0.2) is 42.5 Å². The van der Waals surface area contributed by atoms with Crippen LogP contribution in [0.2, 0.25) is 0 Å². The molecule has 3 heteroatoms. The minimum Gasteiger partial charge on any atom is -0.481 e. The second-order valence-electron chi connectivity index (χ2n) is 9.00. The number of benzene rings is 2. The van der Waals surface area contributed by atoms with Gasteiger partial charge >= 0.3 is 0 Å². The third-order valence-corrected chi connectivity index (χ3v) is 5.64. The predicted octanol–water partition coefficient (Wildman–Crippen LogP) is 5.51. The summed E-state index contributed by atoms with van der Waals surface area (Å²) in [6, 6.07) is 14.7. The number of ether oxygens (including phenoxy) is 1. The van der Waals surface area contributed by atoms with Gasteiger partial charge in [-0.1, -0.05) is 51.1 Å². The van der Waals surface area contributed by atoms with Crippen LogP contribution < -0.4 is 10.1 Å². The van der Waals surface area contributed by atoms with Crippen molar-refractivity contribution in [1.29, 1.82) is 0 Å². The van der Waals surface area contributed by atoms with Gasteiger partial charge < -0.3 is 10.1 Å². The topological polar surface area (TPSA) is 38.3 Å². The molecule has 3 nitrogen and oxygen atoms in total. The Bertz CT molecular complexity index is 817. The summed E-state index contributed by atoms with van der Waals surface area (Å²) in [5.74, 6) is 0.690. The van der Waals surface area contributed by atoms with Crippen molar-refractivity contribution in [2.24, 2.45) is 0 Å². The van der Waals surface area contributed by atoms with Crippen LogP contribution in [-0.2, 0) is 23.1 Å². The van der Waals surface area contributed by atoms with Gasteiger partial charge in [-0.25, -0.2) is 0 Å². The zero-order chi connectivity index (χ0) is 20.3. The summed E-state index contributed by atoms with van der Waals surface area (Å²) in [5, 5.41) is 3.07. The Labute approximate surface area is 169 Å². The number of aryl methyl sites for hydroxylation is 2. The normalized spacial score (nSPS) is 16.0. The number of nitrogens with one attached hydrogen (secondary N) is 1. The van der Waals surface area contributed by atoms with Crippen LogP contribution in [0.5, 0.6) is 5.75 Å². The van der Waals surface area contributed by atoms with E-state index in [1.54, 1.807) is 0 Å². The molecule has 150 valence electrons. The van der Waals surface area contributed by atoms with Crippen molar-refractivity contribution in [3.8, 4) is 5.75 Å².